The molecular weight excluding hydrogens is 304 g/mol. The fourth-order valence-corrected chi connectivity index (χ4v) is 2.15. The van der Waals surface area contributed by atoms with E-state index in [2.05, 4.69) is 20.3 Å². The van der Waals surface area contributed by atoms with E-state index in [9.17, 15) is 0 Å². The summed E-state index contributed by atoms with van der Waals surface area (Å²) in [7, 11) is 0. The van der Waals surface area contributed by atoms with E-state index in [0.29, 0.717) is 11.6 Å². The molecule has 3 aromatic rings. The molecule has 0 bridgehead atoms. The Hall–Kier alpha value is -2.89. The van der Waals surface area contributed by atoms with Crippen molar-refractivity contribution in [1.29, 1.82) is 0 Å². The lowest BCUT2D eigenvalue weighted by molar-refractivity contribution is 0.171. The minimum Gasteiger partial charge on any atom is -0.450 e. The second-order valence-corrected chi connectivity index (χ2v) is 4.26. The molecule has 1 aromatic carbocycles. The molecule has 1 aliphatic heterocycles. The third-order valence-electron chi connectivity index (χ3n) is 3.07. The van der Waals surface area contributed by atoms with Crippen molar-refractivity contribution in [3.05, 3.63) is 42.9 Å². The maximum Gasteiger partial charge on any atom is 0.262 e. The van der Waals surface area contributed by atoms with Crippen LogP contribution in [0.4, 0.5) is 11.5 Å². The van der Waals surface area contributed by atoms with E-state index in [1.807, 2.05) is 58.0 Å². The Kier molecular flexibility index (Phi) is 6.31. The molecule has 6 heteroatoms. The number of hydrogen-bond acceptors (Lipinski definition) is 6. The molecule has 24 heavy (non-hydrogen) atoms. The maximum absolute atomic E-state index is 5.42. The molecule has 0 fully saturated rings. The summed E-state index contributed by atoms with van der Waals surface area (Å²) >= 11 is 0. The van der Waals surface area contributed by atoms with Gasteiger partial charge in [-0.1, -0.05) is 39.8 Å². The summed E-state index contributed by atoms with van der Waals surface area (Å²) in [5, 5.41) is 4.20. The molecule has 126 valence electrons. The van der Waals surface area contributed by atoms with E-state index < -0.39 is 0 Å². The third kappa shape index (κ3) is 3.53. The van der Waals surface area contributed by atoms with Crippen LogP contribution >= 0.6 is 0 Å². The van der Waals surface area contributed by atoms with Crippen LogP contribution in [0.1, 0.15) is 27.7 Å². The van der Waals surface area contributed by atoms with Gasteiger partial charge in [-0.05, 0) is 18.2 Å². The number of para-hydroxylation sites is 1. The summed E-state index contributed by atoms with van der Waals surface area (Å²) < 4.78 is 10.7. The monoisotopic (exact) mass is 326 g/mol. The number of hydrogen-bond donors (Lipinski definition) is 1. The highest BCUT2D eigenvalue weighted by atomic mass is 16.7. The van der Waals surface area contributed by atoms with E-state index in [0.717, 1.165) is 22.4 Å². The molecule has 0 spiro atoms. The van der Waals surface area contributed by atoms with Gasteiger partial charge in [0.1, 0.15) is 12.1 Å². The Morgan fingerprint density at radius 3 is 2.54 bits per heavy atom. The number of nitrogens with one attached hydrogen (secondary N) is 1. The zero-order chi connectivity index (χ0) is 17.4. The third-order valence-corrected chi connectivity index (χ3v) is 3.07. The van der Waals surface area contributed by atoms with Gasteiger partial charge in [0.2, 0.25) is 12.5 Å². The van der Waals surface area contributed by atoms with Crippen molar-refractivity contribution in [2.75, 3.05) is 12.1 Å². The van der Waals surface area contributed by atoms with E-state index in [-0.39, 0.29) is 6.79 Å². The second-order valence-electron chi connectivity index (χ2n) is 4.26. The average Bonchev–Trinajstić information content (AvgIpc) is 3.15. The maximum atomic E-state index is 5.42. The molecule has 0 radical (unpaired) electrons. The number of benzene rings is 1. The summed E-state index contributed by atoms with van der Waals surface area (Å²) in [6, 6.07) is 9.63. The van der Waals surface area contributed by atoms with E-state index in [1.165, 1.54) is 6.33 Å². The fraction of sp³-hybridized carbons (Fsp3) is 0.278. The molecular formula is C18H22N4O2. The van der Waals surface area contributed by atoms with Crippen LogP contribution in [-0.4, -0.2) is 21.7 Å². The van der Waals surface area contributed by atoms with Crippen molar-refractivity contribution < 1.29 is 9.47 Å². The number of anilines is 2. The van der Waals surface area contributed by atoms with Gasteiger partial charge in [-0.25, -0.2) is 15.0 Å². The second kappa shape index (κ2) is 8.67. The Morgan fingerprint density at radius 1 is 0.917 bits per heavy atom. The quantitative estimate of drug-likeness (QED) is 0.745. The number of nitrogens with zero attached hydrogens (tertiary/aromatic N) is 3. The predicted molar refractivity (Wildman–Crippen MR) is 95.9 cm³/mol. The highest BCUT2D eigenvalue weighted by Crippen LogP contribution is 2.38. The Balaban J connectivity index is 0.000000487. The molecule has 3 heterocycles. The van der Waals surface area contributed by atoms with Crippen LogP contribution in [-0.2, 0) is 0 Å². The van der Waals surface area contributed by atoms with Crippen LogP contribution in [0.15, 0.2) is 42.9 Å². The predicted octanol–water partition coefficient (Wildman–Crippen LogP) is 4.55. The molecule has 0 aliphatic carbocycles. The highest BCUT2D eigenvalue weighted by molar-refractivity contribution is 5.91. The number of aromatic nitrogens is 3. The van der Waals surface area contributed by atoms with Crippen LogP contribution in [0.5, 0.6) is 11.6 Å². The van der Waals surface area contributed by atoms with Crippen LogP contribution in [0.2, 0.25) is 0 Å². The summed E-state index contributed by atoms with van der Waals surface area (Å²) in [4.78, 5) is 12.6. The van der Waals surface area contributed by atoms with Gasteiger partial charge in [-0.2, -0.15) is 0 Å². The fourth-order valence-electron chi connectivity index (χ4n) is 2.15. The lowest BCUT2D eigenvalue weighted by atomic mass is 10.2. The molecule has 4 rings (SSSR count). The van der Waals surface area contributed by atoms with E-state index in [4.69, 9.17) is 9.47 Å². The minimum absolute atomic E-state index is 0.186. The van der Waals surface area contributed by atoms with Gasteiger partial charge < -0.3 is 14.8 Å². The molecule has 0 amide bonds. The summed E-state index contributed by atoms with van der Waals surface area (Å²) in [5.41, 5.74) is 1.66. The molecule has 0 unspecified atom stereocenters. The van der Waals surface area contributed by atoms with Crippen molar-refractivity contribution in [3.63, 3.8) is 0 Å². The Morgan fingerprint density at radius 2 is 1.71 bits per heavy atom. The largest absolute Gasteiger partial charge is 0.450 e. The number of ether oxygens (including phenoxy) is 2. The number of pyridine rings is 1. The smallest absolute Gasteiger partial charge is 0.262 e. The van der Waals surface area contributed by atoms with E-state index in [1.54, 1.807) is 6.20 Å². The Labute approximate surface area is 141 Å². The topological polar surface area (TPSA) is 69.2 Å². The van der Waals surface area contributed by atoms with Gasteiger partial charge >= 0.3 is 0 Å². The SMILES string of the molecule is CC.CC.c1ccc2c(Nc3ccnc4c3OCO4)ncnc2c1. The van der Waals surface area contributed by atoms with Gasteiger partial charge in [-0.15, -0.1) is 0 Å². The standard InChI is InChI=1S/C14H10N4O2.2C2H6/c1-2-4-10-9(3-1)13(17-7-16-10)18-11-5-6-15-14-12(11)19-8-20-14;2*1-2/h1-7H,8H2,(H,15,16,17,18);2*1-2H3. The van der Waals surface area contributed by atoms with Crippen molar-refractivity contribution in [2.24, 2.45) is 0 Å². The van der Waals surface area contributed by atoms with Gasteiger partial charge in [0, 0.05) is 11.6 Å². The first-order valence-electron chi connectivity index (χ1n) is 8.13. The molecule has 2 aromatic heterocycles. The zero-order valence-electron chi connectivity index (χ0n) is 14.4. The van der Waals surface area contributed by atoms with Crippen LogP contribution in [0.25, 0.3) is 10.9 Å². The minimum atomic E-state index is 0.186. The van der Waals surface area contributed by atoms with Crippen LogP contribution in [0.3, 0.4) is 0 Å². The molecule has 1 aliphatic rings. The van der Waals surface area contributed by atoms with Gasteiger partial charge in [0.15, 0.2) is 0 Å². The zero-order valence-corrected chi connectivity index (χ0v) is 14.4. The number of fused-ring (bicyclic) bond motifs is 2. The molecule has 0 saturated heterocycles. The average molecular weight is 326 g/mol. The van der Waals surface area contributed by atoms with Crippen molar-refractivity contribution in [3.8, 4) is 11.6 Å². The first kappa shape index (κ1) is 17.5. The van der Waals surface area contributed by atoms with Crippen LogP contribution < -0.4 is 14.8 Å². The molecule has 0 saturated carbocycles. The Bertz CT molecular complexity index is 788. The number of rotatable bonds is 2. The lowest BCUT2D eigenvalue weighted by Gasteiger charge is -2.09. The van der Waals surface area contributed by atoms with Crippen LogP contribution in [0, 0.1) is 0 Å². The summed E-state index contributed by atoms with van der Waals surface area (Å²) in [6.07, 6.45) is 3.20. The van der Waals surface area contributed by atoms with Gasteiger partial charge in [0.05, 0.1) is 11.2 Å². The normalized spacial score (nSPS) is 11.0. The molecule has 1 N–H and O–H groups in total. The van der Waals surface area contributed by atoms with Crippen molar-refractivity contribution in [2.45, 2.75) is 27.7 Å². The summed E-state index contributed by atoms with van der Waals surface area (Å²) in [5.74, 6) is 1.82. The molecule has 6 nitrogen and oxygen atoms in total. The van der Waals surface area contributed by atoms with Gasteiger partial charge in [0.25, 0.3) is 5.88 Å². The molecule has 0 atom stereocenters. The van der Waals surface area contributed by atoms with E-state index >= 15 is 0 Å². The first-order valence-corrected chi connectivity index (χ1v) is 8.13. The van der Waals surface area contributed by atoms with Crippen molar-refractivity contribution >= 4 is 22.4 Å². The first-order chi connectivity index (χ1) is 11.9. The summed E-state index contributed by atoms with van der Waals surface area (Å²) in [6.45, 7) is 8.19. The van der Waals surface area contributed by atoms with Gasteiger partial charge in [-0.3, -0.25) is 0 Å². The van der Waals surface area contributed by atoms with Crippen molar-refractivity contribution in [1.82, 2.24) is 15.0 Å². The highest BCUT2D eigenvalue weighted by Gasteiger charge is 2.19. The lowest BCUT2D eigenvalue weighted by Crippen LogP contribution is -1.98.